The molecule has 0 radical (unpaired) electrons. The van der Waals surface area contributed by atoms with Gasteiger partial charge in [0.2, 0.25) is 5.91 Å². The van der Waals surface area contributed by atoms with E-state index in [1.807, 2.05) is 23.1 Å². The third-order valence-electron chi connectivity index (χ3n) is 5.64. The Morgan fingerprint density at radius 3 is 2.70 bits per heavy atom. The predicted octanol–water partition coefficient (Wildman–Crippen LogP) is 2.60. The van der Waals surface area contributed by atoms with Crippen molar-refractivity contribution < 1.29 is 19.0 Å². The Balaban J connectivity index is 1.67. The lowest BCUT2D eigenvalue weighted by Crippen LogP contribution is -2.47. The number of hydrogen-bond acceptors (Lipinski definition) is 6. The smallest absolute Gasteiger partial charge is 0.236 e. The minimum atomic E-state index is -0.261. The zero-order valence-corrected chi connectivity index (χ0v) is 17.7. The Hall–Kier alpha value is -1.44. The van der Waals surface area contributed by atoms with Gasteiger partial charge >= 0.3 is 0 Å². The Kier molecular flexibility index (Phi) is 6.23. The molecule has 2 aliphatic rings. The van der Waals surface area contributed by atoms with E-state index in [0.717, 1.165) is 35.8 Å². The largest absolute Gasteiger partial charge is 0.497 e. The summed E-state index contributed by atoms with van der Waals surface area (Å²) in [5.74, 6) is 2.67. The molecule has 27 heavy (non-hydrogen) atoms. The second-order valence-electron chi connectivity index (χ2n) is 7.56. The van der Waals surface area contributed by atoms with Crippen LogP contribution in [0.3, 0.4) is 0 Å². The van der Waals surface area contributed by atoms with Crippen molar-refractivity contribution in [2.45, 2.75) is 43.8 Å². The Morgan fingerprint density at radius 1 is 1.30 bits per heavy atom. The number of amides is 1. The van der Waals surface area contributed by atoms with Crippen molar-refractivity contribution in [3.05, 3.63) is 23.8 Å². The molecule has 2 saturated heterocycles. The number of carbonyl (C=O) groups is 1. The number of benzene rings is 1. The van der Waals surface area contributed by atoms with Crippen molar-refractivity contribution in [2.75, 3.05) is 40.2 Å². The molecule has 0 N–H and O–H groups in total. The van der Waals surface area contributed by atoms with Gasteiger partial charge < -0.3 is 19.1 Å². The van der Waals surface area contributed by atoms with Crippen LogP contribution >= 0.6 is 11.8 Å². The van der Waals surface area contributed by atoms with Gasteiger partial charge in [-0.1, -0.05) is 0 Å². The third-order valence-corrected chi connectivity index (χ3v) is 6.85. The molecule has 3 rings (SSSR count). The summed E-state index contributed by atoms with van der Waals surface area (Å²) in [6.07, 6.45) is 0.819. The molecule has 1 aromatic carbocycles. The van der Waals surface area contributed by atoms with Gasteiger partial charge in [-0.25, -0.2) is 0 Å². The van der Waals surface area contributed by atoms with E-state index in [2.05, 4.69) is 25.8 Å². The maximum absolute atomic E-state index is 13.1. The second kappa shape index (κ2) is 8.29. The molecular formula is C20H30N2O4S. The highest BCUT2D eigenvalue weighted by atomic mass is 32.2. The summed E-state index contributed by atoms with van der Waals surface area (Å²) in [6, 6.07) is 6.02. The molecule has 2 aliphatic heterocycles. The van der Waals surface area contributed by atoms with Crippen molar-refractivity contribution in [3.8, 4) is 11.5 Å². The summed E-state index contributed by atoms with van der Waals surface area (Å²) in [6.45, 7) is 6.15. The maximum Gasteiger partial charge on any atom is 0.236 e. The lowest BCUT2D eigenvalue weighted by molar-refractivity contribution is -0.131. The molecule has 0 aromatic heterocycles. The van der Waals surface area contributed by atoms with E-state index in [1.54, 1.807) is 26.0 Å². The molecule has 0 bridgehead atoms. The van der Waals surface area contributed by atoms with Crippen LogP contribution in [0.5, 0.6) is 11.5 Å². The average Bonchev–Trinajstić information content (AvgIpc) is 2.92. The highest BCUT2D eigenvalue weighted by Crippen LogP contribution is 2.33. The van der Waals surface area contributed by atoms with Gasteiger partial charge in [-0.2, -0.15) is 0 Å². The molecule has 0 aliphatic carbocycles. The summed E-state index contributed by atoms with van der Waals surface area (Å²) in [7, 11) is 5.36. The average molecular weight is 395 g/mol. The van der Waals surface area contributed by atoms with Crippen molar-refractivity contribution in [3.63, 3.8) is 0 Å². The highest BCUT2D eigenvalue weighted by Gasteiger charge is 2.41. The predicted molar refractivity (Wildman–Crippen MR) is 107 cm³/mol. The first kappa shape index (κ1) is 20.3. The summed E-state index contributed by atoms with van der Waals surface area (Å²) in [4.78, 5) is 17.3. The summed E-state index contributed by atoms with van der Waals surface area (Å²) < 4.78 is 16.6. The van der Waals surface area contributed by atoms with Crippen LogP contribution in [0, 0.1) is 0 Å². The number of thioether (sulfide) groups is 1. The molecule has 0 saturated carbocycles. The minimum Gasteiger partial charge on any atom is -0.497 e. The van der Waals surface area contributed by atoms with Crippen LogP contribution in [0.25, 0.3) is 0 Å². The number of nitrogens with zero attached hydrogens (tertiary/aromatic N) is 2. The van der Waals surface area contributed by atoms with Crippen molar-refractivity contribution in [2.24, 2.45) is 0 Å². The van der Waals surface area contributed by atoms with Crippen molar-refractivity contribution in [1.29, 1.82) is 0 Å². The fourth-order valence-electron chi connectivity index (χ4n) is 3.63. The summed E-state index contributed by atoms with van der Waals surface area (Å²) in [5.41, 5.74) is 0.739. The third kappa shape index (κ3) is 4.36. The topological polar surface area (TPSA) is 51.2 Å². The molecule has 2 atom stereocenters. The van der Waals surface area contributed by atoms with Gasteiger partial charge in [-0.05, 0) is 39.4 Å². The zero-order valence-electron chi connectivity index (χ0n) is 16.9. The fourth-order valence-corrected chi connectivity index (χ4v) is 4.89. The van der Waals surface area contributed by atoms with Gasteiger partial charge in [-0.15, -0.1) is 11.8 Å². The molecule has 7 heteroatoms. The normalized spacial score (nSPS) is 25.7. The van der Waals surface area contributed by atoms with Crippen LogP contribution in [0.1, 0.15) is 25.8 Å². The van der Waals surface area contributed by atoms with E-state index in [-0.39, 0.29) is 22.9 Å². The molecule has 0 unspecified atom stereocenters. The molecule has 1 aromatic rings. The lowest BCUT2D eigenvalue weighted by atomic mass is 10.1. The lowest BCUT2D eigenvalue weighted by Gasteiger charge is -2.35. The van der Waals surface area contributed by atoms with Gasteiger partial charge in [0.25, 0.3) is 0 Å². The van der Waals surface area contributed by atoms with Crippen LogP contribution in [0.2, 0.25) is 0 Å². The molecule has 2 heterocycles. The van der Waals surface area contributed by atoms with E-state index in [9.17, 15) is 4.79 Å². The maximum atomic E-state index is 13.1. The monoisotopic (exact) mass is 394 g/mol. The summed E-state index contributed by atoms with van der Waals surface area (Å²) in [5, 5.41) is -0.0204. The highest BCUT2D eigenvalue weighted by molar-refractivity contribution is 8.00. The molecule has 2 fully saturated rings. The quantitative estimate of drug-likeness (QED) is 0.739. The number of methoxy groups -OCH3 is 2. The number of carbonyl (C=O) groups excluding carboxylic acids is 1. The standard InChI is InChI=1S/C20H30N2O4S/c1-20(2)21(3)15(13-26-20)10-18-19(23)22(8-9-27-18)12-14-6-7-16(24-4)11-17(14)25-5/h6-7,11,15,18H,8-10,12-13H2,1-5H3/t15-,18-/m0/s1. The number of ether oxygens (including phenoxy) is 3. The van der Waals surface area contributed by atoms with Crippen LogP contribution in [-0.4, -0.2) is 72.9 Å². The van der Waals surface area contributed by atoms with Gasteiger partial charge in [0.05, 0.1) is 26.1 Å². The fraction of sp³-hybridized carbons (Fsp3) is 0.650. The molecule has 150 valence electrons. The van der Waals surface area contributed by atoms with Gasteiger partial charge in [0.15, 0.2) is 0 Å². The number of hydrogen-bond donors (Lipinski definition) is 0. The molecule has 0 spiro atoms. The Morgan fingerprint density at radius 2 is 2.07 bits per heavy atom. The molecule has 6 nitrogen and oxygen atoms in total. The van der Waals surface area contributed by atoms with Crippen LogP contribution < -0.4 is 9.47 Å². The Bertz CT molecular complexity index is 682. The van der Waals surface area contributed by atoms with E-state index in [0.29, 0.717) is 13.2 Å². The van der Waals surface area contributed by atoms with Crippen molar-refractivity contribution >= 4 is 17.7 Å². The Labute approximate surface area is 166 Å². The van der Waals surface area contributed by atoms with Crippen LogP contribution in [-0.2, 0) is 16.1 Å². The first-order valence-electron chi connectivity index (χ1n) is 9.34. The molecular weight excluding hydrogens is 364 g/mol. The van der Waals surface area contributed by atoms with E-state index >= 15 is 0 Å². The van der Waals surface area contributed by atoms with Crippen molar-refractivity contribution in [1.82, 2.24) is 9.80 Å². The minimum absolute atomic E-state index is 0.0204. The second-order valence-corrected chi connectivity index (χ2v) is 8.87. The van der Waals surface area contributed by atoms with Crippen LogP contribution in [0.15, 0.2) is 18.2 Å². The molecule has 1 amide bonds. The SMILES string of the molecule is COc1ccc(CN2CCS[C@@H](C[C@H]3COC(C)(C)N3C)C2=O)c(OC)c1. The first-order chi connectivity index (χ1) is 12.9. The van der Waals surface area contributed by atoms with Gasteiger partial charge in [-0.3, -0.25) is 9.69 Å². The van der Waals surface area contributed by atoms with E-state index in [4.69, 9.17) is 14.2 Å². The summed E-state index contributed by atoms with van der Waals surface area (Å²) >= 11 is 1.77. The van der Waals surface area contributed by atoms with E-state index in [1.165, 1.54) is 0 Å². The zero-order chi connectivity index (χ0) is 19.6. The number of likely N-dealkylation sites (N-methyl/N-ethyl adjacent to an activating group) is 1. The first-order valence-corrected chi connectivity index (χ1v) is 10.4. The number of rotatable bonds is 6. The van der Waals surface area contributed by atoms with Gasteiger partial charge in [0, 0.05) is 36.5 Å². The van der Waals surface area contributed by atoms with Gasteiger partial charge in [0.1, 0.15) is 17.2 Å². The van der Waals surface area contributed by atoms with E-state index < -0.39 is 0 Å². The van der Waals surface area contributed by atoms with Crippen LogP contribution in [0.4, 0.5) is 0 Å².